The second-order valence-electron chi connectivity index (χ2n) is 3.84. The zero-order valence-electron chi connectivity index (χ0n) is 10.0. The van der Waals surface area contributed by atoms with Gasteiger partial charge in [0.1, 0.15) is 0 Å². The standard InChI is InChI=1S/C11H16N4.2ClH/c1-8-6-9(2)15-11(13-8)7-10(14-15)4-3-5-12;;/h6-7H,3-5,12H2,1-2H3;2*1H. The van der Waals surface area contributed by atoms with E-state index in [-0.39, 0.29) is 24.8 Å². The molecule has 0 bridgehead atoms. The van der Waals surface area contributed by atoms with Gasteiger partial charge in [-0.15, -0.1) is 24.8 Å². The molecule has 0 spiro atoms. The summed E-state index contributed by atoms with van der Waals surface area (Å²) in [4.78, 5) is 4.43. The van der Waals surface area contributed by atoms with Gasteiger partial charge >= 0.3 is 0 Å². The predicted molar refractivity (Wildman–Crippen MR) is 74.3 cm³/mol. The summed E-state index contributed by atoms with van der Waals surface area (Å²) in [5.74, 6) is 0. The monoisotopic (exact) mass is 276 g/mol. The van der Waals surface area contributed by atoms with E-state index in [1.165, 1.54) is 0 Å². The highest BCUT2D eigenvalue weighted by atomic mass is 35.5. The lowest BCUT2D eigenvalue weighted by Crippen LogP contribution is -2.01. The van der Waals surface area contributed by atoms with Gasteiger partial charge in [0.2, 0.25) is 0 Å². The van der Waals surface area contributed by atoms with Crippen LogP contribution in [0.25, 0.3) is 5.65 Å². The van der Waals surface area contributed by atoms with Crippen LogP contribution in [0.1, 0.15) is 23.5 Å². The molecule has 0 amide bonds. The Morgan fingerprint density at radius 1 is 1.24 bits per heavy atom. The van der Waals surface area contributed by atoms with E-state index in [1.807, 2.05) is 30.5 Å². The number of aryl methyl sites for hydroxylation is 3. The molecule has 0 radical (unpaired) electrons. The highest BCUT2D eigenvalue weighted by Crippen LogP contribution is 2.09. The SMILES string of the molecule is Cc1cc(C)n2nc(CCCN)cc2n1.Cl.Cl. The largest absolute Gasteiger partial charge is 0.330 e. The minimum atomic E-state index is 0. The average Bonchev–Trinajstić information content (AvgIpc) is 2.57. The average molecular weight is 277 g/mol. The van der Waals surface area contributed by atoms with Crippen molar-refractivity contribution in [2.24, 2.45) is 5.73 Å². The number of nitrogens with two attached hydrogens (primary N) is 1. The zero-order valence-corrected chi connectivity index (χ0v) is 11.6. The molecule has 2 heterocycles. The van der Waals surface area contributed by atoms with Gasteiger partial charge in [-0.1, -0.05) is 0 Å². The van der Waals surface area contributed by atoms with Crippen molar-refractivity contribution in [1.82, 2.24) is 14.6 Å². The van der Waals surface area contributed by atoms with Crippen LogP contribution in [0.15, 0.2) is 12.1 Å². The van der Waals surface area contributed by atoms with Gasteiger partial charge in [-0.2, -0.15) is 5.10 Å². The van der Waals surface area contributed by atoms with Gasteiger partial charge in [0.25, 0.3) is 0 Å². The van der Waals surface area contributed by atoms with Crippen molar-refractivity contribution in [2.75, 3.05) is 6.54 Å². The highest BCUT2D eigenvalue weighted by molar-refractivity contribution is 5.85. The summed E-state index contributed by atoms with van der Waals surface area (Å²) in [5, 5.41) is 4.49. The maximum absolute atomic E-state index is 5.47. The molecule has 0 fully saturated rings. The Balaban J connectivity index is 0.00000128. The molecule has 0 saturated carbocycles. The number of hydrogen-bond acceptors (Lipinski definition) is 3. The lowest BCUT2D eigenvalue weighted by Gasteiger charge is -1.99. The molecule has 4 nitrogen and oxygen atoms in total. The molecule has 0 aliphatic carbocycles. The molecule has 2 aromatic heterocycles. The first-order valence-corrected chi connectivity index (χ1v) is 5.23. The quantitative estimate of drug-likeness (QED) is 0.934. The number of halogens is 2. The zero-order chi connectivity index (χ0) is 10.8. The summed E-state index contributed by atoms with van der Waals surface area (Å²) in [5.41, 5.74) is 9.63. The smallest absolute Gasteiger partial charge is 0.155 e. The Morgan fingerprint density at radius 2 is 1.94 bits per heavy atom. The van der Waals surface area contributed by atoms with Crippen LogP contribution in [0, 0.1) is 13.8 Å². The van der Waals surface area contributed by atoms with Crippen molar-refractivity contribution in [3.63, 3.8) is 0 Å². The third-order valence-electron chi connectivity index (χ3n) is 2.42. The second-order valence-corrected chi connectivity index (χ2v) is 3.84. The summed E-state index contributed by atoms with van der Waals surface area (Å²) in [6.07, 6.45) is 1.90. The molecule has 2 N–H and O–H groups in total. The van der Waals surface area contributed by atoms with Crippen LogP contribution in [0.3, 0.4) is 0 Å². The molecular weight excluding hydrogens is 259 g/mol. The van der Waals surface area contributed by atoms with Crippen LogP contribution in [-0.2, 0) is 6.42 Å². The Morgan fingerprint density at radius 3 is 2.59 bits per heavy atom. The Kier molecular flexibility index (Phi) is 6.45. The van der Waals surface area contributed by atoms with E-state index in [0.717, 1.165) is 35.6 Å². The fourth-order valence-electron chi connectivity index (χ4n) is 1.74. The number of hydrogen-bond donors (Lipinski definition) is 1. The first-order chi connectivity index (χ1) is 7.20. The Bertz CT molecular complexity index is 482. The van der Waals surface area contributed by atoms with Crippen molar-refractivity contribution in [3.8, 4) is 0 Å². The van der Waals surface area contributed by atoms with Crippen molar-refractivity contribution in [2.45, 2.75) is 26.7 Å². The summed E-state index contributed by atoms with van der Waals surface area (Å²) in [6.45, 7) is 4.75. The van der Waals surface area contributed by atoms with Gasteiger partial charge in [0.15, 0.2) is 5.65 Å². The fraction of sp³-hybridized carbons (Fsp3) is 0.455. The molecule has 0 aromatic carbocycles. The molecule has 2 rings (SSSR count). The Hall–Kier alpha value is -0.840. The van der Waals surface area contributed by atoms with E-state index in [4.69, 9.17) is 5.73 Å². The van der Waals surface area contributed by atoms with Gasteiger partial charge in [0, 0.05) is 17.5 Å². The number of rotatable bonds is 3. The second kappa shape index (κ2) is 6.79. The summed E-state index contributed by atoms with van der Waals surface area (Å²) < 4.78 is 1.89. The van der Waals surface area contributed by atoms with E-state index in [9.17, 15) is 0 Å². The number of aromatic nitrogens is 3. The van der Waals surface area contributed by atoms with Gasteiger partial charge in [-0.3, -0.25) is 0 Å². The maximum Gasteiger partial charge on any atom is 0.155 e. The van der Waals surface area contributed by atoms with Crippen LogP contribution < -0.4 is 5.73 Å². The van der Waals surface area contributed by atoms with Crippen LogP contribution in [0.4, 0.5) is 0 Å². The van der Waals surface area contributed by atoms with Crippen molar-refractivity contribution in [1.29, 1.82) is 0 Å². The van der Waals surface area contributed by atoms with Gasteiger partial charge in [0.05, 0.1) is 5.69 Å². The molecule has 17 heavy (non-hydrogen) atoms. The van der Waals surface area contributed by atoms with E-state index >= 15 is 0 Å². The molecule has 0 aliphatic rings. The molecule has 96 valence electrons. The van der Waals surface area contributed by atoms with E-state index in [2.05, 4.69) is 10.1 Å². The van der Waals surface area contributed by atoms with Crippen LogP contribution in [-0.4, -0.2) is 21.1 Å². The van der Waals surface area contributed by atoms with E-state index in [1.54, 1.807) is 0 Å². The molecule has 0 unspecified atom stereocenters. The minimum absolute atomic E-state index is 0. The van der Waals surface area contributed by atoms with Crippen molar-refractivity contribution >= 4 is 30.5 Å². The fourth-order valence-corrected chi connectivity index (χ4v) is 1.74. The lowest BCUT2D eigenvalue weighted by molar-refractivity contribution is 0.780. The highest BCUT2D eigenvalue weighted by Gasteiger charge is 2.04. The van der Waals surface area contributed by atoms with Gasteiger partial charge < -0.3 is 5.73 Å². The predicted octanol–water partition coefficient (Wildman–Crippen LogP) is 2.08. The topological polar surface area (TPSA) is 56.2 Å². The third-order valence-corrected chi connectivity index (χ3v) is 2.42. The van der Waals surface area contributed by atoms with Crippen LogP contribution >= 0.6 is 24.8 Å². The summed E-state index contributed by atoms with van der Waals surface area (Å²) in [6, 6.07) is 4.07. The van der Waals surface area contributed by atoms with Crippen LogP contribution in [0.5, 0.6) is 0 Å². The summed E-state index contributed by atoms with van der Waals surface area (Å²) >= 11 is 0. The maximum atomic E-state index is 5.47. The molecule has 2 aromatic rings. The van der Waals surface area contributed by atoms with Crippen LogP contribution in [0.2, 0.25) is 0 Å². The minimum Gasteiger partial charge on any atom is -0.330 e. The van der Waals surface area contributed by atoms with E-state index in [0.29, 0.717) is 6.54 Å². The molecule has 0 saturated heterocycles. The molecule has 6 heteroatoms. The first kappa shape index (κ1) is 16.2. The first-order valence-electron chi connectivity index (χ1n) is 5.23. The van der Waals surface area contributed by atoms with Crippen molar-refractivity contribution < 1.29 is 0 Å². The third kappa shape index (κ3) is 3.56. The molecular formula is C11H18Cl2N4. The molecule has 0 aliphatic heterocycles. The van der Waals surface area contributed by atoms with Crippen molar-refractivity contribution in [3.05, 3.63) is 29.2 Å². The molecule has 0 atom stereocenters. The number of fused-ring (bicyclic) bond motifs is 1. The van der Waals surface area contributed by atoms with Gasteiger partial charge in [-0.25, -0.2) is 9.50 Å². The van der Waals surface area contributed by atoms with E-state index < -0.39 is 0 Å². The van der Waals surface area contributed by atoms with Gasteiger partial charge in [-0.05, 0) is 39.3 Å². The summed E-state index contributed by atoms with van der Waals surface area (Å²) in [7, 11) is 0. The number of nitrogens with zero attached hydrogens (tertiary/aromatic N) is 3. The Labute approximate surface area is 113 Å². The normalized spacial score (nSPS) is 9.82. The lowest BCUT2D eigenvalue weighted by atomic mass is 10.2.